The van der Waals surface area contributed by atoms with E-state index in [0.717, 1.165) is 36.1 Å². The average molecular weight is 419 g/mol. The van der Waals surface area contributed by atoms with Gasteiger partial charge < -0.3 is 19.7 Å². The Morgan fingerprint density at radius 3 is 2.68 bits per heavy atom. The number of anilines is 1. The van der Waals surface area contributed by atoms with E-state index in [4.69, 9.17) is 0 Å². The van der Waals surface area contributed by atoms with E-state index < -0.39 is 0 Å². The van der Waals surface area contributed by atoms with Crippen LogP contribution in [0.2, 0.25) is 0 Å². The molecule has 1 aliphatic rings. The van der Waals surface area contributed by atoms with Crippen molar-refractivity contribution >= 4 is 28.4 Å². The van der Waals surface area contributed by atoms with Gasteiger partial charge in [0.2, 0.25) is 11.8 Å². The fourth-order valence-corrected chi connectivity index (χ4v) is 4.10. The van der Waals surface area contributed by atoms with Crippen molar-refractivity contribution in [3.8, 4) is 0 Å². The van der Waals surface area contributed by atoms with E-state index in [-0.39, 0.29) is 24.2 Å². The third-order valence-electron chi connectivity index (χ3n) is 5.93. The minimum atomic E-state index is -0.302. The summed E-state index contributed by atoms with van der Waals surface area (Å²) in [6.07, 6.45) is 3.17. The maximum atomic E-state index is 12.8. The molecule has 1 saturated heterocycles. The second-order valence-corrected chi connectivity index (χ2v) is 8.55. The van der Waals surface area contributed by atoms with E-state index >= 15 is 0 Å². The number of carbonyl (C=O) groups excluding carboxylic acids is 2. The van der Waals surface area contributed by atoms with Crippen LogP contribution in [-0.4, -0.2) is 59.9 Å². The molecule has 0 aliphatic carbocycles. The summed E-state index contributed by atoms with van der Waals surface area (Å²) in [6, 6.07) is 18.2. The van der Waals surface area contributed by atoms with E-state index in [0.29, 0.717) is 13.1 Å². The summed E-state index contributed by atoms with van der Waals surface area (Å²) < 4.78 is 2.22. The van der Waals surface area contributed by atoms with E-state index in [2.05, 4.69) is 53.3 Å². The fraction of sp³-hybridized carbons (Fsp3) is 0.360. The van der Waals surface area contributed by atoms with Gasteiger partial charge in [-0.3, -0.25) is 9.59 Å². The molecule has 2 amide bonds. The SMILES string of the molecule is CN(C)CCn1ccc2cc(NC(=O)C3CC(=O)N(CCc4ccccc4)C3)ccc21. The highest BCUT2D eigenvalue weighted by Gasteiger charge is 2.34. The van der Waals surface area contributed by atoms with E-state index in [9.17, 15) is 9.59 Å². The van der Waals surface area contributed by atoms with Crippen LogP contribution in [0.15, 0.2) is 60.8 Å². The first-order valence-corrected chi connectivity index (χ1v) is 10.9. The van der Waals surface area contributed by atoms with Crippen molar-refractivity contribution in [2.24, 2.45) is 5.92 Å². The van der Waals surface area contributed by atoms with Gasteiger partial charge in [0.1, 0.15) is 0 Å². The molecule has 6 nitrogen and oxygen atoms in total. The molecule has 1 aliphatic heterocycles. The van der Waals surface area contributed by atoms with Gasteiger partial charge in [0.25, 0.3) is 0 Å². The Morgan fingerprint density at radius 2 is 1.90 bits per heavy atom. The predicted molar refractivity (Wildman–Crippen MR) is 124 cm³/mol. The lowest BCUT2D eigenvalue weighted by Crippen LogP contribution is -2.30. The van der Waals surface area contributed by atoms with Crippen molar-refractivity contribution in [1.82, 2.24) is 14.4 Å². The number of hydrogen-bond donors (Lipinski definition) is 1. The van der Waals surface area contributed by atoms with E-state index in [1.807, 2.05) is 41.3 Å². The van der Waals surface area contributed by atoms with Crippen molar-refractivity contribution in [1.29, 1.82) is 0 Å². The number of nitrogens with zero attached hydrogens (tertiary/aromatic N) is 3. The Labute approximate surface area is 183 Å². The molecule has 4 rings (SSSR count). The lowest BCUT2D eigenvalue weighted by Gasteiger charge is -2.16. The quantitative estimate of drug-likeness (QED) is 0.611. The van der Waals surface area contributed by atoms with Gasteiger partial charge in [0.05, 0.1) is 5.92 Å². The summed E-state index contributed by atoms with van der Waals surface area (Å²) in [5.74, 6) is -0.324. The van der Waals surface area contributed by atoms with Crippen LogP contribution in [0, 0.1) is 5.92 Å². The zero-order valence-electron chi connectivity index (χ0n) is 18.3. The number of nitrogens with one attached hydrogen (secondary N) is 1. The fourth-order valence-electron chi connectivity index (χ4n) is 4.10. The van der Waals surface area contributed by atoms with Crippen molar-refractivity contribution in [3.63, 3.8) is 0 Å². The van der Waals surface area contributed by atoms with E-state index in [1.165, 1.54) is 5.56 Å². The van der Waals surface area contributed by atoms with Crippen LogP contribution in [0.1, 0.15) is 12.0 Å². The molecule has 1 unspecified atom stereocenters. The van der Waals surface area contributed by atoms with E-state index in [1.54, 1.807) is 0 Å². The van der Waals surface area contributed by atoms with Gasteiger partial charge >= 0.3 is 0 Å². The number of benzene rings is 2. The van der Waals surface area contributed by atoms with Gasteiger partial charge in [-0.05, 0) is 50.3 Å². The van der Waals surface area contributed by atoms with Crippen LogP contribution in [-0.2, 0) is 22.6 Å². The number of rotatable bonds is 8. The van der Waals surface area contributed by atoms with Gasteiger partial charge in [0.15, 0.2) is 0 Å². The summed E-state index contributed by atoms with van der Waals surface area (Å²) >= 11 is 0. The highest BCUT2D eigenvalue weighted by Crippen LogP contribution is 2.24. The standard InChI is InChI=1S/C25H30N4O2/c1-27(2)14-15-28-13-11-20-16-22(8-9-23(20)28)26-25(31)21-17-24(30)29(18-21)12-10-19-6-4-3-5-7-19/h3-9,11,13,16,21H,10,12,14-15,17-18H2,1-2H3,(H,26,31). The van der Waals surface area contributed by atoms with Crippen LogP contribution in [0.5, 0.6) is 0 Å². The van der Waals surface area contributed by atoms with Crippen molar-refractivity contribution in [3.05, 3.63) is 66.4 Å². The number of carbonyl (C=O) groups is 2. The number of likely N-dealkylation sites (tertiary alicyclic amines) is 1. The molecule has 0 saturated carbocycles. The maximum Gasteiger partial charge on any atom is 0.229 e. The van der Waals surface area contributed by atoms with Gasteiger partial charge in [-0.25, -0.2) is 0 Å². The largest absolute Gasteiger partial charge is 0.346 e. The lowest BCUT2D eigenvalue weighted by molar-refractivity contribution is -0.128. The Balaban J connectivity index is 1.34. The number of likely N-dealkylation sites (N-methyl/N-ethyl adjacent to an activating group) is 1. The molecule has 2 aromatic carbocycles. The van der Waals surface area contributed by atoms with Crippen LogP contribution >= 0.6 is 0 Å². The van der Waals surface area contributed by atoms with Gasteiger partial charge in [-0.15, -0.1) is 0 Å². The molecule has 1 aromatic heterocycles. The van der Waals surface area contributed by atoms with Gasteiger partial charge in [-0.2, -0.15) is 0 Å². The Morgan fingerprint density at radius 1 is 1.10 bits per heavy atom. The van der Waals surface area contributed by atoms with Gasteiger partial charge in [0, 0.05) is 55.4 Å². The zero-order chi connectivity index (χ0) is 21.8. The monoisotopic (exact) mass is 418 g/mol. The summed E-state index contributed by atoms with van der Waals surface area (Å²) in [6.45, 7) is 3.03. The molecular formula is C25H30N4O2. The van der Waals surface area contributed by atoms with Crippen LogP contribution in [0.25, 0.3) is 10.9 Å². The third kappa shape index (κ3) is 5.14. The summed E-state index contributed by atoms with van der Waals surface area (Å²) in [5.41, 5.74) is 3.13. The smallest absolute Gasteiger partial charge is 0.229 e. The number of aromatic nitrogens is 1. The maximum absolute atomic E-state index is 12.8. The first-order chi connectivity index (χ1) is 15.0. The van der Waals surface area contributed by atoms with Crippen molar-refractivity contribution < 1.29 is 9.59 Å². The average Bonchev–Trinajstić information content (AvgIpc) is 3.34. The van der Waals surface area contributed by atoms with Crippen LogP contribution < -0.4 is 5.32 Å². The van der Waals surface area contributed by atoms with Crippen LogP contribution in [0.3, 0.4) is 0 Å². The molecule has 3 aromatic rings. The molecule has 31 heavy (non-hydrogen) atoms. The zero-order valence-corrected chi connectivity index (χ0v) is 18.3. The highest BCUT2D eigenvalue weighted by molar-refractivity contribution is 5.98. The molecule has 1 fully saturated rings. The highest BCUT2D eigenvalue weighted by atomic mass is 16.2. The van der Waals surface area contributed by atoms with Crippen molar-refractivity contribution in [2.75, 3.05) is 39.0 Å². The second-order valence-electron chi connectivity index (χ2n) is 8.55. The minimum absolute atomic E-state index is 0.0597. The summed E-state index contributed by atoms with van der Waals surface area (Å²) in [4.78, 5) is 29.2. The normalized spacial score (nSPS) is 16.4. The Bertz CT molecular complexity index is 1060. The lowest BCUT2D eigenvalue weighted by atomic mass is 10.1. The molecule has 0 radical (unpaired) electrons. The number of fused-ring (bicyclic) bond motifs is 1. The summed E-state index contributed by atoms with van der Waals surface area (Å²) in [5, 5.41) is 4.12. The minimum Gasteiger partial charge on any atom is -0.346 e. The number of hydrogen-bond acceptors (Lipinski definition) is 3. The molecule has 162 valence electrons. The second kappa shape index (κ2) is 9.35. The molecule has 1 N–H and O–H groups in total. The molecule has 0 bridgehead atoms. The Hall–Kier alpha value is -3.12. The molecule has 6 heteroatoms. The molecular weight excluding hydrogens is 388 g/mol. The molecule has 0 spiro atoms. The first kappa shape index (κ1) is 21.1. The van der Waals surface area contributed by atoms with Crippen molar-refractivity contribution in [2.45, 2.75) is 19.4 Å². The predicted octanol–water partition coefficient (Wildman–Crippen LogP) is 3.23. The first-order valence-electron chi connectivity index (χ1n) is 10.9. The molecule has 1 atom stereocenters. The van der Waals surface area contributed by atoms with Gasteiger partial charge in [-0.1, -0.05) is 30.3 Å². The third-order valence-corrected chi connectivity index (χ3v) is 5.93. The molecule has 2 heterocycles. The summed E-state index contributed by atoms with van der Waals surface area (Å²) in [7, 11) is 4.13. The number of amides is 2. The Kier molecular flexibility index (Phi) is 6.37. The topological polar surface area (TPSA) is 57.6 Å². The van der Waals surface area contributed by atoms with Crippen LogP contribution in [0.4, 0.5) is 5.69 Å².